The Labute approximate surface area is 94.3 Å². The minimum atomic E-state index is 1.02. The van der Waals surface area contributed by atoms with Gasteiger partial charge in [0, 0.05) is 12.4 Å². The number of nitrogens with one attached hydrogen (secondary N) is 1. The van der Waals surface area contributed by atoms with E-state index < -0.39 is 0 Å². The van der Waals surface area contributed by atoms with Crippen molar-refractivity contribution in [3.8, 4) is 0 Å². The Balaban J connectivity index is 1.94. The van der Waals surface area contributed by atoms with Crippen LogP contribution in [0.15, 0.2) is 24.5 Å². The highest BCUT2D eigenvalue weighted by atomic mass is 15.6. The number of hydrogen-bond donors (Lipinski definition) is 1. The van der Waals surface area contributed by atoms with Crippen LogP contribution >= 0.6 is 0 Å². The molecular formula is C12H14N4. The van der Waals surface area contributed by atoms with Gasteiger partial charge in [-0.1, -0.05) is 0 Å². The van der Waals surface area contributed by atoms with Gasteiger partial charge in [-0.15, -0.1) is 0 Å². The predicted molar refractivity (Wildman–Crippen MR) is 62.2 cm³/mol. The van der Waals surface area contributed by atoms with Gasteiger partial charge in [0.2, 0.25) is 0 Å². The summed E-state index contributed by atoms with van der Waals surface area (Å²) in [4.78, 5) is 5.90. The Kier molecular flexibility index (Phi) is 2.13. The second kappa shape index (κ2) is 3.63. The third kappa shape index (κ3) is 1.46. The number of anilines is 1. The van der Waals surface area contributed by atoms with Crippen LogP contribution < -0.4 is 5.43 Å². The fraction of sp³-hybridized carbons (Fsp3) is 0.333. The van der Waals surface area contributed by atoms with E-state index in [1.165, 1.54) is 24.1 Å². The zero-order chi connectivity index (χ0) is 11.0. The normalized spacial score (nSPS) is 13.8. The predicted octanol–water partition coefficient (Wildman–Crippen LogP) is 1.95. The Hall–Kier alpha value is -1.84. The van der Waals surface area contributed by atoms with E-state index in [2.05, 4.69) is 22.4 Å². The van der Waals surface area contributed by atoms with Crippen molar-refractivity contribution in [1.82, 2.24) is 14.9 Å². The van der Waals surface area contributed by atoms with E-state index in [9.17, 15) is 0 Å². The molecule has 0 saturated carbocycles. The number of fused-ring (bicyclic) bond motifs is 1. The first kappa shape index (κ1) is 9.39. The van der Waals surface area contributed by atoms with E-state index >= 15 is 0 Å². The molecule has 2 heterocycles. The molecule has 0 unspecified atom stereocenters. The maximum absolute atomic E-state index is 4.51. The van der Waals surface area contributed by atoms with Crippen molar-refractivity contribution in [1.29, 1.82) is 0 Å². The van der Waals surface area contributed by atoms with Crippen LogP contribution in [0.5, 0.6) is 0 Å². The van der Waals surface area contributed by atoms with Crippen LogP contribution in [0.1, 0.15) is 23.4 Å². The average Bonchev–Trinajstić information content (AvgIpc) is 2.87. The van der Waals surface area contributed by atoms with Gasteiger partial charge in [0.15, 0.2) is 0 Å². The lowest BCUT2D eigenvalue weighted by atomic mass is 10.2. The summed E-state index contributed by atoms with van der Waals surface area (Å²) in [6.45, 7) is 2.08. The lowest BCUT2D eigenvalue weighted by Gasteiger charge is -2.08. The quantitative estimate of drug-likeness (QED) is 0.830. The van der Waals surface area contributed by atoms with Crippen LogP contribution in [-0.2, 0) is 12.8 Å². The topological polar surface area (TPSA) is 42.7 Å². The lowest BCUT2D eigenvalue weighted by Crippen LogP contribution is -2.13. The van der Waals surface area contributed by atoms with Crippen molar-refractivity contribution in [3.05, 3.63) is 41.5 Å². The molecule has 0 atom stereocenters. The number of pyridine rings is 1. The number of aromatic nitrogens is 3. The second-order valence-corrected chi connectivity index (χ2v) is 4.12. The van der Waals surface area contributed by atoms with Gasteiger partial charge in [-0.05, 0) is 43.9 Å². The van der Waals surface area contributed by atoms with Crippen LogP contribution in [0.2, 0.25) is 0 Å². The molecule has 2 aromatic rings. The third-order valence-electron chi connectivity index (χ3n) is 3.05. The Morgan fingerprint density at radius 1 is 1.25 bits per heavy atom. The molecule has 0 bridgehead atoms. The van der Waals surface area contributed by atoms with Crippen LogP contribution in [0.3, 0.4) is 0 Å². The van der Waals surface area contributed by atoms with E-state index in [1.807, 2.05) is 16.9 Å². The van der Waals surface area contributed by atoms with Crippen molar-refractivity contribution < 1.29 is 0 Å². The smallest absolute Gasteiger partial charge is 0.0658 e. The molecule has 2 aromatic heterocycles. The van der Waals surface area contributed by atoms with Crippen LogP contribution in [0.25, 0.3) is 0 Å². The van der Waals surface area contributed by atoms with Crippen molar-refractivity contribution in [3.63, 3.8) is 0 Å². The molecule has 0 aromatic carbocycles. The Morgan fingerprint density at radius 2 is 2.06 bits per heavy atom. The fourth-order valence-corrected chi connectivity index (χ4v) is 2.26. The molecule has 1 aliphatic carbocycles. The minimum Gasteiger partial charge on any atom is -0.278 e. The Bertz CT molecular complexity index is 501. The highest BCUT2D eigenvalue weighted by Gasteiger charge is 2.20. The van der Waals surface area contributed by atoms with E-state index in [-0.39, 0.29) is 0 Å². The molecule has 0 amide bonds. The maximum Gasteiger partial charge on any atom is 0.0658 e. The van der Waals surface area contributed by atoms with Gasteiger partial charge in [-0.2, -0.15) is 9.89 Å². The monoisotopic (exact) mass is 214 g/mol. The zero-order valence-electron chi connectivity index (χ0n) is 9.27. The third-order valence-corrected chi connectivity index (χ3v) is 3.05. The van der Waals surface area contributed by atoms with Crippen LogP contribution in [-0.4, -0.2) is 14.9 Å². The largest absolute Gasteiger partial charge is 0.278 e. The van der Waals surface area contributed by atoms with Crippen LogP contribution in [0, 0.1) is 6.92 Å². The van der Waals surface area contributed by atoms with E-state index in [0.717, 1.165) is 17.8 Å². The van der Waals surface area contributed by atoms with E-state index in [4.69, 9.17) is 0 Å². The summed E-state index contributed by atoms with van der Waals surface area (Å²) in [6.07, 6.45) is 7.08. The SMILES string of the molecule is Cc1nn(Nc2ccncc2)c2c1CCC2. The number of rotatable bonds is 2. The number of nitrogens with zero attached hydrogens (tertiary/aromatic N) is 3. The molecule has 0 radical (unpaired) electrons. The molecule has 4 nitrogen and oxygen atoms in total. The van der Waals surface area contributed by atoms with Gasteiger partial charge in [0.25, 0.3) is 0 Å². The number of hydrogen-bond acceptors (Lipinski definition) is 3. The summed E-state index contributed by atoms with van der Waals surface area (Å²) < 4.78 is 0. The summed E-state index contributed by atoms with van der Waals surface area (Å²) in [5.41, 5.74) is 8.20. The molecule has 16 heavy (non-hydrogen) atoms. The van der Waals surface area contributed by atoms with Crippen molar-refractivity contribution in [2.45, 2.75) is 26.2 Å². The van der Waals surface area contributed by atoms with Gasteiger partial charge in [-0.3, -0.25) is 10.4 Å². The van der Waals surface area contributed by atoms with Crippen molar-refractivity contribution in [2.24, 2.45) is 0 Å². The summed E-state index contributed by atoms with van der Waals surface area (Å²) in [5, 5.41) is 4.51. The van der Waals surface area contributed by atoms with Gasteiger partial charge >= 0.3 is 0 Å². The molecule has 4 heteroatoms. The number of aryl methyl sites for hydroxylation is 1. The first-order valence-corrected chi connectivity index (χ1v) is 5.59. The average molecular weight is 214 g/mol. The van der Waals surface area contributed by atoms with Gasteiger partial charge in [0.05, 0.1) is 17.1 Å². The molecule has 1 N–H and O–H groups in total. The molecule has 1 aliphatic rings. The Morgan fingerprint density at radius 3 is 2.88 bits per heavy atom. The molecule has 0 fully saturated rings. The summed E-state index contributed by atoms with van der Waals surface area (Å²) in [7, 11) is 0. The van der Waals surface area contributed by atoms with Crippen molar-refractivity contribution >= 4 is 5.69 Å². The van der Waals surface area contributed by atoms with Gasteiger partial charge in [-0.25, -0.2) is 0 Å². The van der Waals surface area contributed by atoms with Gasteiger partial charge < -0.3 is 0 Å². The van der Waals surface area contributed by atoms with E-state index in [1.54, 1.807) is 12.4 Å². The zero-order valence-corrected chi connectivity index (χ0v) is 9.27. The minimum absolute atomic E-state index is 1.02. The molecule has 0 saturated heterocycles. The highest BCUT2D eigenvalue weighted by molar-refractivity contribution is 5.42. The molecule has 3 rings (SSSR count). The fourth-order valence-electron chi connectivity index (χ4n) is 2.26. The molecule has 0 aliphatic heterocycles. The van der Waals surface area contributed by atoms with E-state index in [0.29, 0.717) is 0 Å². The highest BCUT2D eigenvalue weighted by Crippen LogP contribution is 2.24. The van der Waals surface area contributed by atoms with Gasteiger partial charge in [0.1, 0.15) is 0 Å². The lowest BCUT2D eigenvalue weighted by molar-refractivity contribution is 0.724. The summed E-state index contributed by atoms with van der Waals surface area (Å²) in [5.74, 6) is 0. The first-order chi connectivity index (χ1) is 7.84. The summed E-state index contributed by atoms with van der Waals surface area (Å²) >= 11 is 0. The van der Waals surface area contributed by atoms with Crippen molar-refractivity contribution in [2.75, 3.05) is 5.43 Å². The first-order valence-electron chi connectivity index (χ1n) is 5.59. The molecular weight excluding hydrogens is 200 g/mol. The standard InChI is InChI=1S/C12H14N4/c1-9-11-3-2-4-12(11)16(14-9)15-10-5-7-13-8-6-10/h5-8H,2-4H2,1H3,(H,13,15). The maximum atomic E-state index is 4.51. The van der Waals surface area contributed by atoms with Crippen LogP contribution in [0.4, 0.5) is 5.69 Å². The second-order valence-electron chi connectivity index (χ2n) is 4.12. The molecule has 82 valence electrons. The summed E-state index contributed by atoms with van der Waals surface area (Å²) in [6, 6.07) is 3.89. The molecule has 0 spiro atoms.